The van der Waals surface area contributed by atoms with Crippen molar-refractivity contribution in [1.82, 2.24) is 0 Å². The first-order chi connectivity index (χ1) is 10.1. The van der Waals surface area contributed by atoms with Crippen LogP contribution < -0.4 is 0 Å². The van der Waals surface area contributed by atoms with E-state index in [9.17, 15) is 9.90 Å². The molecular weight excluding hydrogens is 280 g/mol. The summed E-state index contributed by atoms with van der Waals surface area (Å²) in [6.45, 7) is 0. The van der Waals surface area contributed by atoms with E-state index in [4.69, 9.17) is 0 Å². The molecule has 21 heavy (non-hydrogen) atoms. The third-order valence-corrected chi connectivity index (χ3v) is 6.85. The van der Waals surface area contributed by atoms with Crippen molar-refractivity contribution >= 4 is 17.7 Å². The first-order valence-electron chi connectivity index (χ1n) is 8.01. The second-order valence-corrected chi connectivity index (χ2v) is 8.27. The molecule has 2 nitrogen and oxygen atoms in total. The number of aromatic carboxylic acids is 1. The lowest BCUT2D eigenvalue weighted by molar-refractivity contribution is -0.00642. The van der Waals surface area contributed by atoms with Crippen LogP contribution in [0.1, 0.15) is 54.4 Å². The highest BCUT2D eigenvalue weighted by Gasteiger charge is 2.52. The van der Waals surface area contributed by atoms with Crippen LogP contribution in [-0.4, -0.2) is 17.3 Å². The molecule has 4 aliphatic rings. The molecule has 0 amide bonds. The topological polar surface area (TPSA) is 37.3 Å². The molecule has 1 aromatic rings. The Morgan fingerprint density at radius 1 is 1.14 bits per heavy atom. The minimum atomic E-state index is -0.798. The maximum Gasteiger partial charge on any atom is 0.335 e. The predicted molar refractivity (Wildman–Crippen MR) is 85.0 cm³/mol. The maximum atomic E-state index is 11.4. The van der Waals surface area contributed by atoms with Gasteiger partial charge >= 0.3 is 5.97 Å². The van der Waals surface area contributed by atoms with E-state index in [0.717, 1.165) is 17.8 Å². The monoisotopic (exact) mass is 302 g/mol. The Balaban J connectivity index is 1.81. The zero-order valence-corrected chi connectivity index (χ0v) is 13.3. The summed E-state index contributed by atoms with van der Waals surface area (Å²) in [7, 11) is 0. The SMILES string of the molecule is CSc1ccc(C(=O)O)cc1C12CC3CC(CC(C3)C1)C2. The van der Waals surface area contributed by atoms with Gasteiger partial charge in [-0.2, -0.15) is 0 Å². The molecule has 112 valence electrons. The number of rotatable bonds is 3. The third-order valence-electron chi connectivity index (χ3n) is 6.06. The second kappa shape index (κ2) is 4.77. The lowest BCUT2D eigenvalue weighted by atomic mass is 9.48. The molecule has 0 spiro atoms. The van der Waals surface area contributed by atoms with Gasteiger partial charge in [-0.05, 0) is 91.7 Å². The summed E-state index contributed by atoms with van der Waals surface area (Å²) < 4.78 is 0. The molecule has 1 aromatic carbocycles. The molecule has 0 unspecified atom stereocenters. The first kappa shape index (κ1) is 13.7. The van der Waals surface area contributed by atoms with Gasteiger partial charge in [-0.3, -0.25) is 0 Å². The minimum absolute atomic E-state index is 0.276. The second-order valence-electron chi connectivity index (χ2n) is 7.42. The summed E-state index contributed by atoms with van der Waals surface area (Å²) in [5.74, 6) is 1.87. The van der Waals surface area contributed by atoms with E-state index < -0.39 is 5.97 Å². The summed E-state index contributed by atoms with van der Waals surface area (Å²) in [6, 6.07) is 5.78. The number of benzene rings is 1. The van der Waals surface area contributed by atoms with Crippen molar-refractivity contribution in [3.63, 3.8) is 0 Å². The van der Waals surface area contributed by atoms with Gasteiger partial charge < -0.3 is 5.11 Å². The van der Waals surface area contributed by atoms with E-state index in [1.54, 1.807) is 17.8 Å². The van der Waals surface area contributed by atoms with Crippen LogP contribution in [0.2, 0.25) is 0 Å². The van der Waals surface area contributed by atoms with Crippen LogP contribution in [0.3, 0.4) is 0 Å². The summed E-state index contributed by atoms with van der Waals surface area (Å²) in [5, 5.41) is 9.35. The fourth-order valence-corrected chi connectivity index (χ4v) is 6.40. The Labute approximate surface area is 130 Å². The molecule has 0 heterocycles. The number of carbonyl (C=O) groups is 1. The molecule has 3 heteroatoms. The highest BCUT2D eigenvalue weighted by molar-refractivity contribution is 7.98. The van der Waals surface area contributed by atoms with Crippen LogP contribution in [-0.2, 0) is 5.41 Å². The molecule has 4 fully saturated rings. The standard InChI is InChI=1S/C18H22O2S/c1-21-16-3-2-14(17(19)20)7-15(16)18-8-11-4-12(9-18)6-13(5-11)10-18/h2-3,7,11-13H,4-6,8-10H2,1H3,(H,19,20). The number of carboxylic acids is 1. The summed E-state index contributed by atoms with van der Waals surface area (Å²) in [6.07, 6.45) is 10.2. The lowest BCUT2D eigenvalue weighted by Gasteiger charge is -2.57. The molecule has 1 N–H and O–H groups in total. The molecular formula is C18H22O2S. The largest absolute Gasteiger partial charge is 0.478 e. The predicted octanol–water partition coefficient (Wildman–Crippen LogP) is 4.57. The van der Waals surface area contributed by atoms with Gasteiger partial charge in [0.2, 0.25) is 0 Å². The number of thioether (sulfide) groups is 1. The molecule has 0 atom stereocenters. The minimum Gasteiger partial charge on any atom is -0.478 e. The van der Waals surface area contributed by atoms with Gasteiger partial charge in [0.25, 0.3) is 0 Å². The zero-order chi connectivity index (χ0) is 14.6. The summed E-state index contributed by atoms with van der Waals surface area (Å²) in [4.78, 5) is 12.7. The molecule has 0 radical (unpaired) electrons. The van der Waals surface area contributed by atoms with E-state index in [0.29, 0.717) is 5.56 Å². The van der Waals surface area contributed by atoms with Crippen molar-refractivity contribution in [2.24, 2.45) is 17.8 Å². The van der Waals surface area contributed by atoms with Crippen molar-refractivity contribution in [1.29, 1.82) is 0 Å². The third kappa shape index (κ3) is 2.12. The average Bonchev–Trinajstić information content (AvgIpc) is 2.45. The molecule has 4 bridgehead atoms. The maximum absolute atomic E-state index is 11.4. The highest BCUT2D eigenvalue weighted by atomic mass is 32.2. The number of carboxylic acid groups (broad SMARTS) is 1. The summed E-state index contributed by atoms with van der Waals surface area (Å²) >= 11 is 1.77. The van der Waals surface area contributed by atoms with Gasteiger partial charge in [0, 0.05) is 4.90 Å². The Morgan fingerprint density at radius 3 is 2.19 bits per heavy atom. The molecule has 0 saturated heterocycles. The van der Waals surface area contributed by atoms with Crippen molar-refractivity contribution in [2.45, 2.75) is 48.8 Å². The normalized spacial score (nSPS) is 36.9. The molecule has 4 saturated carbocycles. The Bertz CT molecular complexity index is 558. The first-order valence-corrected chi connectivity index (χ1v) is 9.24. The van der Waals surface area contributed by atoms with Crippen LogP contribution in [0, 0.1) is 17.8 Å². The Hall–Kier alpha value is -0.960. The number of hydrogen-bond donors (Lipinski definition) is 1. The van der Waals surface area contributed by atoms with Crippen molar-refractivity contribution in [2.75, 3.05) is 6.26 Å². The molecule has 0 aromatic heterocycles. The van der Waals surface area contributed by atoms with Gasteiger partial charge in [0.05, 0.1) is 5.56 Å². The number of hydrogen-bond acceptors (Lipinski definition) is 2. The van der Waals surface area contributed by atoms with Gasteiger partial charge in [-0.15, -0.1) is 11.8 Å². The highest BCUT2D eigenvalue weighted by Crippen LogP contribution is 2.61. The van der Waals surface area contributed by atoms with Crippen LogP contribution in [0.4, 0.5) is 0 Å². The van der Waals surface area contributed by atoms with E-state index >= 15 is 0 Å². The fraction of sp³-hybridized carbons (Fsp3) is 0.611. The van der Waals surface area contributed by atoms with Gasteiger partial charge in [0.1, 0.15) is 0 Å². The van der Waals surface area contributed by atoms with Crippen LogP contribution in [0.25, 0.3) is 0 Å². The van der Waals surface area contributed by atoms with Gasteiger partial charge in [-0.25, -0.2) is 4.79 Å². The van der Waals surface area contributed by atoms with Gasteiger partial charge in [0.15, 0.2) is 0 Å². The van der Waals surface area contributed by atoms with Crippen molar-refractivity contribution < 1.29 is 9.90 Å². The zero-order valence-electron chi connectivity index (χ0n) is 12.5. The van der Waals surface area contributed by atoms with E-state index in [-0.39, 0.29) is 5.41 Å². The average molecular weight is 302 g/mol. The lowest BCUT2D eigenvalue weighted by Crippen LogP contribution is -2.48. The quantitative estimate of drug-likeness (QED) is 0.831. The van der Waals surface area contributed by atoms with Crippen LogP contribution in [0.5, 0.6) is 0 Å². The van der Waals surface area contributed by atoms with Crippen molar-refractivity contribution in [3.05, 3.63) is 29.3 Å². The van der Waals surface area contributed by atoms with E-state index in [1.807, 2.05) is 12.1 Å². The van der Waals surface area contributed by atoms with Crippen molar-refractivity contribution in [3.8, 4) is 0 Å². The molecule has 4 aliphatic carbocycles. The molecule has 0 aliphatic heterocycles. The summed E-state index contributed by atoms with van der Waals surface area (Å²) in [5.41, 5.74) is 2.07. The van der Waals surface area contributed by atoms with Gasteiger partial charge in [-0.1, -0.05) is 0 Å². The fourth-order valence-electron chi connectivity index (χ4n) is 5.70. The Morgan fingerprint density at radius 2 is 1.71 bits per heavy atom. The van der Waals surface area contributed by atoms with Crippen LogP contribution in [0.15, 0.2) is 23.1 Å². The van der Waals surface area contributed by atoms with E-state index in [2.05, 4.69) is 6.26 Å². The smallest absolute Gasteiger partial charge is 0.335 e. The Kier molecular flexibility index (Phi) is 3.11. The van der Waals surface area contributed by atoms with E-state index in [1.165, 1.54) is 49.0 Å². The molecule has 5 rings (SSSR count). The van der Waals surface area contributed by atoms with Crippen LogP contribution >= 0.6 is 11.8 Å².